The number of anilines is 1. The molecule has 3 heterocycles. The summed E-state index contributed by atoms with van der Waals surface area (Å²) in [7, 11) is 1.89. The van der Waals surface area contributed by atoms with Gasteiger partial charge >= 0.3 is 0 Å². The molecule has 5 nitrogen and oxygen atoms in total. The summed E-state index contributed by atoms with van der Waals surface area (Å²) in [4.78, 5) is 9.50. The average molecular weight is 458 g/mol. The molecule has 0 unspecified atom stereocenters. The van der Waals surface area contributed by atoms with E-state index >= 15 is 0 Å². The molecule has 2 aromatic heterocycles. The average Bonchev–Trinajstić information content (AvgIpc) is 3.64. The molecule has 1 saturated carbocycles. The van der Waals surface area contributed by atoms with Crippen molar-refractivity contribution >= 4 is 22.4 Å². The van der Waals surface area contributed by atoms with Gasteiger partial charge in [0.1, 0.15) is 5.65 Å². The maximum absolute atomic E-state index is 4.68. The Hall–Kier alpha value is -3.21. The molecule has 1 aliphatic carbocycles. The van der Waals surface area contributed by atoms with Crippen LogP contribution in [0.2, 0.25) is 0 Å². The van der Waals surface area contributed by atoms with E-state index in [4.69, 9.17) is 0 Å². The monoisotopic (exact) mass is 457 g/mol. The van der Waals surface area contributed by atoms with Gasteiger partial charge in [0, 0.05) is 74.6 Å². The minimum Gasteiger partial charge on any atom is -0.388 e. The van der Waals surface area contributed by atoms with E-state index in [-0.39, 0.29) is 0 Å². The quantitative estimate of drug-likeness (QED) is 0.491. The second-order valence-electron chi connectivity index (χ2n) is 9.50. The van der Waals surface area contributed by atoms with Crippen LogP contribution in [0.5, 0.6) is 0 Å². The van der Waals surface area contributed by atoms with Crippen molar-refractivity contribution < 1.29 is 0 Å². The number of hydrogen-bond acceptors (Lipinski definition) is 4. The lowest BCUT2D eigenvalue weighted by Gasteiger charge is -2.37. The van der Waals surface area contributed by atoms with E-state index < -0.39 is 0 Å². The second kappa shape index (κ2) is 10.8. The molecular weight excluding hydrogens is 418 g/mol. The normalized spacial score (nSPS) is 15.6. The maximum Gasteiger partial charge on any atom is 0.142 e. The van der Waals surface area contributed by atoms with Gasteiger partial charge in [-0.3, -0.25) is 0 Å². The van der Waals surface area contributed by atoms with Crippen LogP contribution in [0.3, 0.4) is 0 Å². The predicted octanol–water partition coefficient (Wildman–Crippen LogP) is 5.74. The zero-order valence-electron chi connectivity index (χ0n) is 21.1. The first kappa shape index (κ1) is 23.9. The Balaban J connectivity index is 0.000000486. The molecule has 5 rings (SSSR count). The van der Waals surface area contributed by atoms with Crippen LogP contribution < -0.4 is 10.2 Å². The Labute approximate surface area is 204 Å². The van der Waals surface area contributed by atoms with Gasteiger partial charge in [-0.2, -0.15) is 0 Å². The highest BCUT2D eigenvalue weighted by Gasteiger charge is 2.19. The number of fused-ring (bicyclic) bond motifs is 1. The summed E-state index contributed by atoms with van der Waals surface area (Å²) < 4.78 is 2.23. The molecule has 0 amide bonds. The van der Waals surface area contributed by atoms with E-state index in [0.717, 1.165) is 61.2 Å². The number of pyridine rings is 1. The van der Waals surface area contributed by atoms with Gasteiger partial charge in [-0.15, -0.1) is 0 Å². The van der Waals surface area contributed by atoms with Crippen molar-refractivity contribution in [1.29, 1.82) is 0 Å². The van der Waals surface area contributed by atoms with E-state index in [0.29, 0.717) is 0 Å². The van der Waals surface area contributed by atoms with Crippen LogP contribution in [0.1, 0.15) is 44.2 Å². The SMILES string of the molecule is C=C(NC)c1ccc(Cn2ccc3c(N4CCN(C(=C)C)CC4)ccnc32)cc1.CCC1CC1. The Morgan fingerprint density at radius 3 is 2.29 bits per heavy atom. The number of aromatic nitrogens is 2. The molecular formula is C29H39N5. The standard InChI is InChI=1S/C24H29N5.C5H10/c1-18(2)27-13-15-28(16-14-27)23-9-11-26-24-22(23)10-12-29(24)17-20-5-7-21(8-6-20)19(3)25-4;1-2-5-3-4-5/h5-12,25H,1,3,13-17H2,2,4H3;5H,2-4H2,1H3. The summed E-state index contributed by atoms with van der Waals surface area (Å²) >= 11 is 0. The van der Waals surface area contributed by atoms with Crippen LogP contribution in [0.4, 0.5) is 5.69 Å². The van der Waals surface area contributed by atoms with Crippen molar-refractivity contribution in [2.24, 2.45) is 5.92 Å². The highest BCUT2D eigenvalue weighted by Crippen LogP contribution is 2.31. The summed E-state index contributed by atoms with van der Waals surface area (Å²) in [6, 6.07) is 12.9. The van der Waals surface area contributed by atoms with Gasteiger partial charge in [0.2, 0.25) is 0 Å². The number of nitrogens with zero attached hydrogens (tertiary/aromatic N) is 4. The third-order valence-corrected chi connectivity index (χ3v) is 7.03. The molecule has 1 saturated heterocycles. The third kappa shape index (κ3) is 5.64. The molecule has 0 atom stereocenters. The van der Waals surface area contributed by atoms with E-state index in [1.54, 1.807) is 0 Å². The van der Waals surface area contributed by atoms with Crippen LogP contribution in [-0.4, -0.2) is 47.7 Å². The number of piperazine rings is 1. The molecule has 1 aliphatic heterocycles. The summed E-state index contributed by atoms with van der Waals surface area (Å²) in [6.07, 6.45) is 8.51. The Morgan fingerprint density at radius 2 is 1.74 bits per heavy atom. The van der Waals surface area contributed by atoms with Gasteiger partial charge in [0.25, 0.3) is 0 Å². The minimum atomic E-state index is 0.801. The first-order valence-corrected chi connectivity index (χ1v) is 12.5. The Bertz CT molecular complexity index is 1120. The van der Waals surface area contributed by atoms with Crippen molar-refractivity contribution in [3.05, 3.63) is 78.8 Å². The summed E-state index contributed by atoms with van der Waals surface area (Å²) in [6.45, 7) is 17.3. The van der Waals surface area contributed by atoms with Gasteiger partial charge in [0.15, 0.2) is 0 Å². The fourth-order valence-corrected chi connectivity index (χ4v) is 4.49. The maximum atomic E-state index is 4.68. The smallest absolute Gasteiger partial charge is 0.142 e. The number of allylic oxidation sites excluding steroid dienone is 1. The Kier molecular flexibility index (Phi) is 7.61. The zero-order chi connectivity index (χ0) is 24.1. The highest BCUT2D eigenvalue weighted by molar-refractivity contribution is 5.90. The molecule has 2 fully saturated rings. The third-order valence-electron chi connectivity index (χ3n) is 7.03. The molecule has 2 aliphatic rings. The molecule has 34 heavy (non-hydrogen) atoms. The lowest BCUT2D eigenvalue weighted by Crippen LogP contribution is -2.45. The molecule has 1 aromatic carbocycles. The van der Waals surface area contributed by atoms with E-state index in [1.165, 1.54) is 35.9 Å². The van der Waals surface area contributed by atoms with Crippen molar-refractivity contribution in [2.75, 3.05) is 38.1 Å². The van der Waals surface area contributed by atoms with Crippen LogP contribution in [0.15, 0.2) is 67.6 Å². The predicted molar refractivity (Wildman–Crippen MR) is 145 cm³/mol. The second-order valence-corrected chi connectivity index (χ2v) is 9.50. The molecule has 5 heteroatoms. The van der Waals surface area contributed by atoms with E-state index in [9.17, 15) is 0 Å². The number of benzene rings is 1. The van der Waals surface area contributed by atoms with Crippen LogP contribution in [-0.2, 0) is 6.54 Å². The van der Waals surface area contributed by atoms with Crippen molar-refractivity contribution in [3.8, 4) is 0 Å². The summed E-state index contributed by atoms with van der Waals surface area (Å²) in [5.74, 6) is 1.13. The molecule has 0 bridgehead atoms. The van der Waals surface area contributed by atoms with Crippen molar-refractivity contribution in [1.82, 2.24) is 19.8 Å². The van der Waals surface area contributed by atoms with Crippen molar-refractivity contribution in [2.45, 2.75) is 39.7 Å². The van der Waals surface area contributed by atoms with Crippen molar-refractivity contribution in [3.63, 3.8) is 0 Å². The molecule has 0 spiro atoms. The number of rotatable bonds is 7. The molecule has 180 valence electrons. The summed E-state index contributed by atoms with van der Waals surface area (Å²) in [5.41, 5.74) is 6.76. The number of nitrogens with one attached hydrogen (secondary N) is 1. The van der Waals surface area contributed by atoms with Gasteiger partial charge in [-0.1, -0.05) is 63.6 Å². The lowest BCUT2D eigenvalue weighted by atomic mass is 10.1. The van der Waals surface area contributed by atoms with Crippen LogP contribution in [0, 0.1) is 5.92 Å². The fraction of sp³-hybridized carbons (Fsp3) is 0.414. The molecule has 0 radical (unpaired) electrons. The first-order chi connectivity index (χ1) is 16.5. The first-order valence-electron chi connectivity index (χ1n) is 12.5. The topological polar surface area (TPSA) is 36.3 Å². The Morgan fingerprint density at radius 1 is 1.03 bits per heavy atom. The molecule has 1 N–H and O–H groups in total. The largest absolute Gasteiger partial charge is 0.388 e. The van der Waals surface area contributed by atoms with E-state index in [2.05, 4.69) is 94.3 Å². The van der Waals surface area contributed by atoms with Gasteiger partial charge in [-0.25, -0.2) is 4.98 Å². The van der Waals surface area contributed by atoms with Gasteiger partial charge in [-0.05, 0) is 36.1 Å². The van der Waals surface area contributed by atoms with E-state index in [1.807, 2.05) is 13.2 Å². The van der Waals surface area contributed by atoms with Crippen LogP contribution in [0.25, 0.3) is 16.7 Å². The minimum absolute atomic E-state index is 0.801. The summed E-state index contributed by atoms with van der Waals surface area (Å²) in [5, 5.41) is 4.31. The van der Waals surface area contributed by atoms with Gasteiger partial charge in [0.05, 0.1) is 0 Å². The van der Waals surface area contributed by atoms with Crippen LogP contribution >= 0.6 is 0 Å². The zero-order valence-corrected chi connectivity index (χ0v) is 21.1. The lowest BCUT2D eigenvalue weighted by molar-refractivity contribution is 0.323. The number of hydrogen-bond donors (Lipinski definition) is 1. The highest BCUT2D eigenvalue weighted by atomic mass is 15.3. The molecule has 3 aromatic rings. The van der Waals surface area contributed by atoms with Gasteiger partial charge < -0.3 is 19.7 Å². The fourth-order valence-electron chi connectivity index (χ4n) is 4.49.